The summed E-state index contributed by atoms with van der Waals surface area (Å²) < 4.78 is 0. The van der Waals surface area contributed by atoms with Crippen molar-refractivity contribution < 1.29 is 28.8 Å². The van der Waals surface area contributed by atoms with Crippen LogP contribution in [0.3, 0.4) is 0 Å². The van der Waals surface area contributed by atoms with E-state index in [1.165, 1.54) is 0 Å². The van der Waals surface area contributed by atoms with E-state index in [1.807, 2.05) is 0 Å². The number of hydrogen-bond donors (Lipinski definition) is 3. The average Bonchev–Trinajstić information content (AvgIpc) is 1.97. The fourth-order valence-electron chi connectivity index (χ4n) is 0.637. The first kappa shape index (κ1) is 14.8. The maximum Gasteiger partial charge on any atom is 1.00 e. The molecule has 0 spiro atoms. The van der Waals surface area contributed by atoms with E-state index in [4.69, 9.17) is 17.2 Å². The minimum Gasteiger partial charge on any atom is -0.548 e. The molecule has 0 saturated heterocycles. The van der Waals surface area contributed by atoms with Crippen LogP contribution in [0.2, 0.25) is 0 Å². The van der Waals surface area contributed by atoms with Crippen molar-refractivity contribution in [2.45, 2.75) is 18.9 Å². The van der Waals surface area contributed by atoms with Gasteiger partial charge in [-0.2, -0.15) is 0 Å². The molecule has 0 aliphatic rings. The summed E-state index contributed by atoms with van der Waals surface area (Å²) in [5, 5.41) is 10.1. The van der Waals surface area contributed by atoms with E-state index in [-0.39, 0.29) is 24.8 Å². The van der Waals surface area contributed by atoms with Crippen molar-refractivity contribution in [2.75, 3.05) is 6.54 Å². The number of aliphatic carboxylic acids is 1. The average molecular weight is 180 g/mol. The normalized spacial score (nSPS) is 11.2. The van der Waals surface area contributed by atoms with Gasteiger partial charge in [0.2, 0.25) is 0 Å². The Bertz CT molecular complexity index is 181. The molecule has 0 aromatic carbocycles. The summed E-state index contributed by atoms with van der Waals surface area (Å²) in [4.78, 5) is 13.8. The number of guanidine groups is 1. The Morgan fingerprint density at radius 1 is 1.46 bits per heavy atom. The maximum absolute atomic E-state index is 10.1. The molecule has 0 bridgehead atoms. The molecule has 0 rings (SSSR count). The fourth-order valence-corrected chi connectivity index (χ4v) is 0.637. The van der Waals surface area contributed by atoms with Crippen molar-refractivity contribution in [3.8, 4) is 0 Å². The van der Waals surface area contributed by atoms with Crippen LogP contribution in [-0.4, -0.2) is 24.5 Å². The van der Waals surface area contributed by atoms with Crippen LogP contribution in [0.4, 0.5) is 0 Å². The number of hydrogen-bond acceptors (Lipinski definition) is 4. The van der Waals surface area contributed by atoms with Crippen molar-refractivity contribution in [3.63, 3.8) is 0 Å². The zero-order valence-electron chi connectivity index (χ0n) is 7.69. The molecule has 0 aliphatic heterocycles. The minimum atomic E-state index is -1.25. The first-order valence-electron chi connectivity index (χ1n) is 3.56. The summed E-state index contributed by atoms with van der Waals surface area (Å²) in [5.74, 6) is -1.25. The number of rotatable bonds is 5. The topological polar surface area (TPSA) is 131 Å². The quantitative estimate of drug-likeness (QED) is 0.168. The third kappa shape index (κ3) is 9.21. The molecule has 0 aromatic rings. The predicted molar refractivity (Wildman–Crippen MR) is 42.9 cm³/mol. The van der Waals surface area contributed by atoms with Gasteiger partial charge >= 0.3 is 18.9 Å². The Labute approximate surface area is 88.7 Å². The number of carboxylic acid groups (broad SMARTS) is 1. The van der Waals surface area contributed by atoms with Crippen molar-refractivity contribution in [2.24, 2.45) is 22.2 Å². The van der Waals surface area contributed by atoms with Crippen LogP contribution in [0, 0.1) is 0 Å². The van der Waals surface area contributed by atoms with Crippen molar-refractivity contribution in [1.29, 1.82) is 0 Å². The second-order valence-corrected chi connectivity index (χ2v) is 2.37. The second-order valence-electron chi connectivity index (χ2n) is 2.37. The number of aliphatic imine (C=N–C) groups is 1. The molecule has 1 unspecified atom stereocenters. The molecule has 70 valence electrons. The van der Waals surface area contributed by atoms with Crippen LogP contribution >= 0.6 is 0 Å². The molecule has 0 aliphatic carbocycles. The molecular formula is C6H13LiN4O2. The minimum absolute atomic E-state index is 0. The van der Waals surface area contributed by atoms with E-state index in [0.717, 1.165) is 0 Å². The molecule has 13 heavy (non-hydrogen) atoms. The molecule has 0 amide bonds. The van der Waals surface area contributed by atoms with Gasteiger partial charge in [-0.15, -0.1) is 0 Å². The van der Waals surface area contributed by atoms with Crippen molar-refractivity contribution in [3.05, 3.63) is 0 Å². The van der Waals surface area contributed by atoms with E-state index < -0.39 is 12.0 Å². The molecule has 1 atom stereocenters. The Kier molecular flexibility index (Phi) is 9.02. The van der Waals surface area contributed by atoms with E-state index >= 15 is 0 Å². The van der Waals surface area contributed by atoms with Crippen molar-refractivity contribution >= 4 is 11.9 Å². The van der Waals surface area contributed by atoms with Gasteiger partial charge < -0.3 is 27.1 Å². The van der Waals surface area contributed by atoms with Crippen LogP contribution in [0.5, 0.6) is 0 Å². The molecule has 0 radical (unpaired) electrons. The number of carbonyl (C=O) groups excluding carboxylic acids is 1. The fraction of sp³-hybridized carbons (Fsp3) is 0.667. The Balaban J connectivity index is 0. The van der Waals surface area contributed by atoms with E-state index in [0.29, 0.717) is 19.4 Å². The smallest absolute Gasteiger partial charge is 0.548 e. The maximum atomic E-state index is 10.1. The zero-order chi connectivity index (χ0) is 9.56. The number of nitrogens with two attached hydrogens (primary N) is 3. The Morgan fingerprint density at radius 3 is 2.38 bits per heavy atom. The monoisotopic (exact) mass is 180 g/mol. The summed E-state index contributed by atoms with van der Waals surface area (Å²) in [6, 6.07) is -0.931. The van der Waals surface area contributed by atoms with Gasteiger partial charge in [-0.3, -0.25) is 4.99 Å². The van der Waals surface area contributed by atoms with Gasteiger partial charge in [0, 0.05) is 12.6 Å². The van der Waals surface area contributed by atoms with Gasteiger partial charge in [0.15, 0.2) is 5.96 Å². The van der Waals surface area contributed by atoms with Crippen molar-refractivity contribution in [1.82, 2.24) is 0 Å². The number of carboxylic acids is 1. The molecule has 7 heteroatoms. The van der Waals surface area contributed by atoms with Crippen LogP contribution < -0.4 is 41.2 Å². The van der Waals surface area contributed by atoms with E-state index in [9.17, 15) is 9.90 Å². The largest absolute Gasteiger partial charge is 1.00 e. The SMILES string of the molecule is NC(N)=NCCCC(N)C(=O)[O-].[Li+]. The van der Waals surface area contributed by atoms with Crippen LogP contribution in [-0.2, 0) is 4.79 Å². The van der Waals surface area contributed by atoms with Gasteiger partial charge in [0.1, 0.15) is 0 Å². The summed E-state index contributed by atoms with van der Waals surface area (Å²) in [7, 11) is 0. The third-order valence-corrected chi connectivity index (χ3v) is 1.27. The van der Waals surface area contributed by atoms with Gasteiger partial charge in [-0.25, -0.2) is 0 Å². The first-order valence-corrected chi connectivity index (χ1v) is 3.56. The van der Waals surface area contributed by atoms with E-state index in [1.54, 1.807) is 0 Å². The third-order valence-electron chi connectivity index (χ3n) is 1.27. The molecule has 0 fully saturated rings. The Hall–Kier alpha value is -0.703. The number of carbonyl (C=O) groups is 1. The van der Waals surface area contributed by atoms with Crippen LogP contribution in [0.1, 0.15) is 12.8 Å². The summed E-state index contributed by atoms with van der Waals surface area (Å²) in [6.07, 6.45) is 0.853. The zero-order valence-corrected chi connectivity index (χ0v) is 7.69. The predicted octanol–water partition coefficient (Wildman–Crippen LogP) is -5.88. The summed E-state index contributed by atoms with van der Waals surface area (Å²) in [6.45, 7) is 0.392. The number of nitrogens with zero attached hydrogens (tertiary/aromatic N) is 1. The molecule has 6 N–H and O–H groups in total. The van der Waals surface area contributed by atoms with Gasteiger partial charge in [-0.05, 0) is 12.8 Å². The van der Waals surface area contributed by atoms with Crippen LogP contribution in [0.25, 0.3) is 0 Å². The Morgan fingerprint density at radius 2 is 2.00 bits per heavy atom. The summed E-state index contributed by atoms with van der Waals surface area (Å²) >= 11 is 0. The molecule has 0 aromatic heterocycles. The molecule has 6 nitrogen and oxygen atoms in total. The molecule has 0 saturated carbocycles. The van der Waals surface area contributed by atoms with Gasteiger partial charge in [-0.1, -0.05) is 0 Å². The molecule has 0 heterocycles. The van der Waals surface area contributed by atoms with Gasteiger partial charge in [0.05, 0.1) is 5.97 Å². The standard InChI is InChI=1S/C6H14N4O2.Li/c7-4(5(11)12)2-1-3-10-6(8)9;/h4H,1-3,7H2,(H,11,12)(H4,8,9,10);/q;+1/p-1. The first-order chi connectivity index (χ1) is 5.54. The second kappa shape index (κ2) is 7.92. The molecular weight excluding hydrogens is 167 g/mol. The summed E-state index contributed by atoms with van der Waals surface area (Å²) in [5.41, 5.74) is 15.2. The van der Waals surface area contributed by atoms with Crippen LogP contribution in [0.15, 0.2) is 4.99 Å². The van der Waals surface area contributed by atoms with E-state index in [2.05, 4.69) is 4.99 Å². The van der Waals surface area contributed by atoms with Gasteiger partial charge in [0.25, 0.3) is 0 Å².